The molecule has 0 bridgehead atoms. The lowest BCUT2D eigenvalue weighted by atomic mass is 9.99. The van der Waals surface area contributed by atoms with Crippen LogP contribution in [0.25, 0.3) is 0 Å². The molecular formula is C21H21NOP. The van der Waals surface area contributed by atoms with Gasteiger partial charge in [0.25, 0.3) is 0 Å². The molecule has 5 radical (unpaired) electrons. The van der Waals surface area contributed by atoms with E-state index in [1.165, 1.54) is 22.2 Å². The number of hydrogen-bond acceptors (Lipinski definition) is 1. The highest BCUT2D eigenvalue weighted by Crippen LogP contribution is 2.56. The van der Waals surface area contributed by atoms with Gasteiger partial charge in [0.2, 0.25) is 5.91 Å². The minimum atomic E-state index is -0.638. The van der Waals surface area contributed by atoms with E-state index in [0.717, 1.165) is 0 Å². The van der Waals surface area contributed by atoms with Crippen molar-refractivity contribution in [1.29, 1.82) is 0 Å². The van der Waals surface area contributed by atoms with E-state index in [1.54, 1.807) is 6.92 Å². The Morgan fingerprint density at radius 1 is 0.917 bits per heavy atom. The molecule has 24 heavy (non-hydrogen) atoms. The van der Waals surface area contributed by atoms with E-state index in [9.17, 15) is 4.79 Å². The van der Waals surface area contributed by atoms with E-state index in [4.69, 9.17) is 0 Å². The molecule has 0 spiro atoms. The van der Waals surface area contributed by atoms with Crippen molar-refractivity contribution < 1.29 is 4.79 Å². The summed E-state index contributed by atoms with van der Waals surface area (Å²) in [5, 5.41) is 5.66. The van der Waals surface area contributed by atoms with Crippen molar-refractivity contribution in [2.75, 3.05) is 0 Å². The van der Waals surface area contributed by atoms with Crippen LogP contribution in [0.2, 0.25) is 0 Å². The summed E-state index contributed by atoms with van der Waals surface area (Å²) in [6.45, 7) is 3.61. The molecule has 0 saturated heterocycles. The fraction of sp³-hybridized carbons (Fsp3) is 0.143. The molecular weight excluding hydrogens is 313 g/mol. The van der Waals surface area contributed by atoms with Gasteiger partial charge < -0.3 is 5.32 Å². The van der Waals surface area contributed by atoms with E-state index in [0.29, 0.717) is 0 Å². The second-order valence-electron chi connectivity index (χ2n) is 5.80. The van der Waals surface area contributed by atoms with Crippen LogP contribution in [0.4, 0.5) is 0 Å². The maximum atomic E-state index is 11.5. The third kappa shape index (κ3) is 3.87. The fourth-order valence-corrected chi connectivity index (χ4v) is 5.51. The first-order valence-electron chi connectivity index (χ1n) is 8.10. The number of hydrogen-bond donors (Lipinski definition) is 1. The second-order valence-corrected chi connectivity index (χ2v) is 7.98. The summed E-state index contributed by atoms with van der Waals surface area (Å²) in [5.74, 6) is 1.20. The molecule has 1 atom stereocenters. The van der Waals surface area contributed by atoms with Gasteiger partial charge in [-0.3, -0.25) is 4.79 Å². The van der Waals surface area contributed by atoms with Gasteiger partial charge >= 0.3 is 0 Å². The molecule has 1 saturated carbocycles. The van der Waals surface area contributed by atoms with Crippen LogP contribution in [0, 0.1) is 30.8 Å². The zero-order valence-corrected chi connectivity index (χ0v) is 14.8. The van der Waals surface area contributed by atoms with Gasteiger partial charge in [-0.15, -0.1) is 0 Å². The van der Waals surface area contributed by atoms with Crippen LogP contribution < -0.4 is 15.9 Å². The zero-order valence-electron chi connectivity index (χ0n) is 13.9. The van der Waals surface area contributed by atoms with E-state index in [2.05, 4.69) is 73.1 Å². The average molecular weight is 334 g/mol. The van der Waals surface area contributed by atoms with Gasteiger partial charge in [0.15, 0.2) is 0 Å². The van der Waals surface area contributed by atoms with Gasteiger partial charge in [-0.25, -0.2) is 0 Å². The Labute approximate surface area is 146 Å². The summed E-state index contributed by atoms with van der Waals surface area (Å²) in [5.41, 5.74) is 1.31. The molecule has 0 heterocycles. The summed E-state index contributed by atoms with van der Waals surface area (Å²) >= 11 is 0. The molecule has 1 fully saturated rings. The maximum Gasteiger partial charge on any atom is 0.217 e. The van der Waals surface area contributed by atoms with Crippen molar-refractivity contribution in [3.8, 4) is 0 Å². The van der Waals surface area contributed by atoms with Gasteiger partial charge in [0, 0.05) is 24.5 Å². The fourth-order valence-electron chi connectivity index (χ4n) is 2.96. The van der Waals surface area contributed by atoms with Crippen molar-refractivity contribution in [3.05, 3.63) is 91.5 Å². The molecule has 1 aliphatic rings. The van der Waals surface area contributed by atoms with Crippen molar-refractivity contribution in [2.24, 2.45) is 0 Å². The van der Waals surface area contributed by atoms with E-state index in [-0.39, 0.29) is 11.9 Å². The molecule has 2 aromatic rings. The number of nitrogens with one attached hydrogen (secondary N) is 1. The van der Waals surface area contributed by atoms with Crippen LogP contribution in [0.15, 0.2) is 60.7 Å². The Morgan fingerprint density at radius 3 is 1.96 bits per heavy atom. The molecule has 0 aliphatic heterocycles. The van der Waals surface area contributed by atoms with Crippen LogP contribution in [0.5, 0.6) is 0 Å². The number of amides is 1. The molecule has 0 unspecified atom stereocenters. The quantitative estimate of drug-likeness (QED) is 0.835. The Balaban J connectivity index is 1.94. The average Bonchev–Trinajstić information content (AvgIpc) is 3.06. The van der Waals surface area contributed by atoms with E-state index in [1.807, 2.05) is 19.1 Å². The first-order valence-corrected chi connectivity index (χ1v) is 9.44. The first kappa shape index (κ1) is 17.2. The minimum absolute atomic E-state index is 0.00148. The molecule has 2 nitrogen and oxygen atoms in total. The first-order chi connectivity index (χ1) is 11.7. The summed E-state index contributed by atoms with van der Waals surface area (Å²) in [6, 6.07) is 21.2. The van der Waals surface area contributed by atoms with Crippen molar-refractivity contribution in [3.63, 3.8) is 0 Å². The monoisotopic (exact) mass is 334 g/mol. The SMILES string of the molecule is CC(=O)N[C@H](C)[C]1[CH][CH][CH][C]1P(c1ccccc1)c1ccccc1. The molecule has 2 aromatic carbocycles. The molecule has 1 aliphatic carbocycles. The minimum Gasteiger partial charge on any atom is -0.353 e. The lowest BCUT2D eigenvalue weighted by Crippen LogP contribution is -2.37. The molecule has 121 valence electrons. The standard InChI is InChI=1S/C21H21NOP/c1-16(22-17(2)23)20-14-9-15-21(20)24(18-10-5-3-6-11-18)19-12-7-4-8-13-19/h3-16H,1-2H3,(H,22,23)/t16-/m1/s1. The van der Waals surface area contributed by atoms with Crippen molar-refractivity contribution in [1.82, 2.24) is 5.32 Å². The van der Waals surface area contributed by atoms with Gasteiger partial charge in [0.1, 0.15) is 0 Å². The van der Waals surface area contributed by atoms with E-state index < -0.39 is 7.92 Å². The van der Waals surface area contributed by atoms with Crippen LogP contribution in [-0.4, -0.2) is 11.9 Å². The Bertz CT molecular complexity index is 619. The van der Waals surface area contributed by atoms with Gasteiger partial charge in [-0.05, 0) is 44.7 Å². The molecule has 1 amide bonds. The number of rotatable bonds is 5. The Kier molecular flexibility index (Phi) is 5.68. The van der Waals surface area contributed by atoms with Crippen LogP contribution in [0.1, 0.15) is 13.8 Å². The Morgan fingerprint density at radius 2 is 1.46 bits per heavy atom. The highest BCUT2D eigenvalue weighted by molar-refractivity contribution is 7.76. The molecule has 0 aromatic heterocycles. The van der Waals surface area contributed by atoms with E-state index >= 15 is 0 Å². The summed E-state index contributed by atoms with van der Waals surface area (Å²) in [6.07, 6.45) is 6.40. The topological polar surface area (TPSA) is 29.1 Å². The number of carbonyl (C=O) groups excluding carboxylic acids is 1. The molecule has 3 heteroatoms. The van der Waals surface area contributed by atoms with Gasteiger partial charge in [-0.1, -0.05) is 60.7 Å². The Hall–Kier alpha value is -1.66. The van der Waals surface area contributed by atoms with Crippen molar-refractivity contribution in [2.45, 2.75) is 19.9 Å². The van der Waals surface area contributed by atoms with Gasteiger partial charge in [0.05, 0.1) is 0 Å². The smallest absolute Gasteiger partial charge is 0.217 e. The maximum absolute atomic E-state index is 11.5. The highest BCUT2D eigenvalue weighted by Gasteiger charge is 2.39. The lowest BCUT2D eigenvalue weighted by Gasteiger charge is -2.32. The molecule has 3 rings (SSSR count). The normalized spacial score (nSPS) is 17.1. The van der Waals surface area contributed by atoms with Crippen LogP contribution in [-0.2, 0) is 4.79 Å². The predicted octanol–water partition coefficient (Wildman–Crippen LogP) is 3.38. The largest absolute Gasteiger partial charge is 0.353 e. The zero-order chi connectivity index (χ0) is 16.9. The number of carbonyl (C=O) groups is 1. The summed E-state index contributed by atoms with van der Waals surface area (Å²) in [4.78, 5) is 11.5. The van der Waals surface area contributed by atoms with Gasteiger partial charge in [-0.2, -0.15) is 0 Å². The second kappa shape index (κ2) is 7.94. The molecule has 1 N–H and O–H groups in total. The number of benzene rings is 2. The van der Waals surface area contributed by atoms with Crippen LogP contribution in [0.3, 0.4) is 0 Å². The lowest BCUT2D eigenvalue weighted by molar-refractivity contribution is -0.119. The third-order valence-corrected chi connectivity index (χ3v) is 6.50. The van der Waals surface area contributed by atoms with Crippen LogP contribution >= 0.6 is 7.92 Å². The summed E-state index contributed by atoms with van der Waals surface area (Å²) < 4.78 is 0. The van der Waals surface area contributed by atoms with Crippen molar-refractivity contribution >= 4 is 24.4 Å². The summed E-state index contributed by atoms with van der Waals surface area (Å²) in [7, 11) is -0.638. The predicted molar refractivity (Wildman–Crippen MR) is 102 cm³/mol. The highest BCUT2D eigenvalue weighted by atomic mass is 31.1. The third-order valence-electron chi connectivity index (χ3n) is 3.98.